The van der Waals surface area contributed by atoms with Crippen LogP contribution < -0.4 is 0 Å². The number of rotatable bonds is 3. The van der Waals surface area contributed by atoms with E-state index in [-0.39, 0.29) is 11.9 Å². The van der Waals surface area contributed by atoms with E-state index < -0.39 is 0 Å². The number of aliphatic hydroxyl groups excluding tert-OH is 1. The molecule has 1 saturated carbocycles. The summed E-state index contributed by atoms with van der Waals surface area (Å²) in [6.45, 7) is 4.18. The topological polar surface area (TPSA) is 20.2 Å². The second-order valence-corrected chi connectivity index (χ2v) is 5.87. The number of hydrogen-bond acceptors (Lipinski definition) is 1. The molecule has 0 radical (unpaired) electrons. The highest BCUT2D eigenvalue weighted by Gasteiger charge is 2.25. The van der Waals surface area contributed by atoms with Gasteiger partial charge < -0.3 is 5.11 Å². The van der Waals surface area contributed by atoms with Crippen molar-refractivity contribution in [3.63, 3.8) is 0 Å². The first-order valence-corrected chi connectivity index (χ1v) is 6.99. The summed E-state index contributed by atoms with van der Waals surface area (Å²) in [5, 5.41) is 10.3. The summed E-state index contributed by atoms with van der Waals surface area (Å²) in [7, 11) is 0. The SMILES string of the molecule is Cc1cc(F)ccc1CC(O)C1CCCC(C)C1. The third-order valence-corrected chi connectivity index (χ3v) is 4.25. The molecule has 0 aromatic heterocycles. The molecule has 2 heteroatoms. The minimum absolute atomic E-state index is 0.197. The number of halogens is 1. The van der Waals surface area contributed by atoms with Gasteiger partial charge in [0.15, 0.2) is 0 Å². The molecule has 1 nitrogen and oxygen atoms in total. The Balaban J connectivity index is 1.99. The van der Waals surface area contributed by atoms with Crippen molar-refractivity contribution in [2.45, 2.75) is 52.1 Å². The molecule has 1 aromatic carbocycles. The molecular formula is C16H23FO. The Kier molecular flexibility index (Phi) is 4.39. The summed E-state index contributed by atoms with van der Waals surface area (Å²) in [5.74, 6) is 0.947. The van der Waals surface area contributed by atoms with E-state index in [4.69, 9.17) is 0 Å². The molecule has 2 rings (SSSR count). The zero-order valence-corrected chi connectivity index (χ0v) is 11.3. The zero-order valence-electron chi connectivity index (χ0n) is 11.3. The minimum Gasteiger partial charge on any atom is -0.392 e. The molecule has 0 aliphatic heterocycles. The normalized spacial score (nSPS) is 26.0. The molecule has 3 unspecified atom stereocenters. The van der Waals surface area contributed by atoms with Crippen LogP contribution in [0.25, 0.3) is 0 Å². The van der Waals surface area contributed by atoms with Crippen LogP contribution in [0.1, 0.15) is 43.7 Å². The Bertz CT molecular complexity index is 402. The van der Waals surface area contributed by atoms with Crippen LogP contribution >= 0.6 is 0 Å². The maximum absolute atomic E-state index is 13.0. The average molecular weight is 250 g/mol. The fourth-order valence-electron chi connectivity index (χ4n) is 3.11. The van der Waals surface area contributed by atoms with E-state index in [0.717, 1.165) is 29.9 Å². The fourth-order valence-corrected chi connectivity index (χ4v) is 3.11. The molecule has 0 heterocycles. The lowest BCUT2D eigenvalue weighted by Gasteiger charge is -2.30. The van der Waals surface area contributed by atoms with E-state index in [0.29, 0.717) is 12.3 Å². The van der Waals surface area contributed by atoms with Gasteiger partial charge in [-0.05, 0) is 61.3 Å². The molecule has 100 valence electrons. The third-order valence-electron chi connectivity index (χ3n) is 4.25. The van der Waals surface area contributed by atoms with Gasteiger partial charge in [0.25, 0.3) is 0 Å². The van der Waals surface area contributed by atoms with Gasteiger partial charge in [-0.1, -0.05) is 25.8 Å². The van der Waals surface area contributed by atoms with Crippen LogP contribution in [0.2, 0.25) is 0 Å². The van der Waals surface area contributed by atoms with Gasteiger partial charge in [-0.2, -0.15) is 0 Å². The summed E-state index contributed by atoms with van der Waals surface area (Å²) >= 11 is 0. The molecule has 0 bridgehead atoms. The molecule has 1 fully saturated rings. The van der Waals surface area contributed by atoms with Crippen molar-refractivity contribution >= 4 is 0 Å². The van der Waals surface area contributed by atoms with Crippen LogP contribution in [-0.2, 0) is 6.42 Å². The Hall–Kier alpha value is -0.890. The van der Waals surface area contributed by atoms with E-state index >= 15 is 0 Å². The molecule has 3 atom stereocenters. The van der Waals surface area contributed by atoms with E-state index in [1.165, 1.54) is 18.9 Å². The summed E-state index contributed by atoms with van der Waals surface area (Å²) < 4.78 is 13.0. The van der Waals surface area contributed by atoms with Crippen molar-refractivity contribution in [1.29, 1.82) is 0 Å². The third kappa shape index (κ3) is 3.32. The van der Waals surface area contributed by atoms with Crippen molar-refractivity contribution in [3.05, 3.63) is 35.1 Å². The first-order chi connectivity index (χ1) is 8.56. The predicted molar refractivity (Wildman–Crippen MR) is 72.0 cm³/mol. The molecule has 1 aliphatic rings. The van der Waals surface area contributed by atoms with Crippen molar-refractivity contribution in [3.8, 4) is 0 Å². The first kappa shape index (κ1) is 13.5. The van der Waals surface area contributed by atoms with Crippen LogP contribution in [0.15, 0.2) is 18.2 Å². The van der Waals surface area contributed by atoms with Crippen molar-refractivity contribution in [1.82, 2.24) is 0 Å². The van der Waals surface area contributed by atoms with Crippen LogP contribution in [0.4, 0.5) is 4.39 Å². The van der Waals surface area contributed by atoms with E-state index in [1.54, 1.807) is 12.1 Å². The Morgan fingerprint density at radius 2 is 2.17 bits per heavy atom. The lowest BCUT2D eigenvalue weighted by atomic mass is 9.78. The van der Waals surface area contributed by atoms with Gasteiger partial charge in [0.05, 0.1) is 6.10 Å². The summed E-state index contributed by atoms with van der Waals surface area (Å²) in [5.41, 5.74) is 2.01. The summed E-state index contributed by atoms with van der Waals surface area (Å²) in [4.78, 5) is 0. The highest BCUT2D eigenvalue weighted by molar-refractivity contribution is 5.27. The lowest BCUT2D eigenvalue weighted by Crippen LogP contribution is -2.27. The van der Waals surface area contributed by atoms with Gasteiger partial charge in [-0.25, -0.2) is 4.39 Å². The van der Waals surface area contributed by atoms with Crippen molar-refractivity contribution in [2.75, 3.05) is 0 Å². The van der Waals surface area contributed by atoms with E-state index in [2.05, 4.69) is 6.92 Å². The minimum atomic E-state index is -0.281. The van der Waals surface area contributed by atoms with Crippen molar-refractivity contribution in [2.24, 2.45) is 11.8 Å². The highest BCUT2D eigenvalue weighted by Crippen LogP contribution is 2.32. The molecular weight excluding hydrogens is 227 g/mol. The van der Waals surface area contributed by atoms with Gasteiger partial charge in [0, 0.05) is 0 Å². The van der Waals surface area contributed by atoms with E-state index in [9.17, 15) is 9.50 Å². The molecule has 1 aromatic rings. The average Bonchev–Trinajstić information content (AvgIpc) is 2.32. The van der Waals surface area contributed by atoms with Gasteiger partial charge >= 0.3 is 0 Å². The second kappa shape index (κ2) is 5.83. The van der Waals surface area contributed by atoms with Crippen LogP contribution in [0, 0.1) is 24.6 Å². The molecule has 18 heavy (non-hydrogen) atoms. The smallest absolute Gasteiger partial charge is 0.123 e. The monoisotopic (exact) mass is 250 g/mol. The maximum atomic E-state index is 13.0. The maximum Gasteiger partial charge on any atom is 0.123 e. The Labute approximate surface area is 109 Å². The molecule has 0 saturated heterocycles. The number of hydrogen-bond donors (Lipinski definition) is 1. The fraction of sp³-hybridized carbons (Fsp3) is 0.625. The standard InChI is InChI=1S/C16H23FO/c1-11-4-3-5-14(8-11)16(18)10-13-6-7-15(17)9-12(13)2/h6-7,9,11,14,16,18H,3-5,8,10H2,1-2H3. The Morgan fingerprint density at radius 3 is 2.83 bits per heavy atom. The van der Waals surface area contributed by atoms with Crippen LogP contribution in [0.3, 0.4) is 0 Å². The number of aliphatic hydroxyl groups is 1. The van der Waals surface area contributed by atoms with Gasteiger partial charge in [-0.3, -0.25) is 0 Å². The number of aryl methyl sites for hydroxylation is 1. The second-order valence-electron chi connectivity index (χ2n) is 5.87. The van der Waals surface area contributed by atoms with Gasteiger partial charge in [0.1, 0.15) is 5.82 Å². The van der Waals surface area contributed by atoms with Crippen LogP contribution in [0.5, 0.6) is 0 Å². The summed E-state index contributed by atoms with van der Waals surface area (Å²) in [6.07, 6.45) is 5.15. The quantitative estimate of drug-likeness (QED) is 0.863. The van der Waals surface area contributed by atoms with E-state index in [1.807, 2.05) is 6.92 Å². The van der Waals surface area contributed by atoms with Crippen molar-refractivity contribution < 1.29 is 9.50 Å². The lowest BCUT2D eigenvalue weighted by molar-refractivity contribution is 0.0719. The molecule has 0 spiro atoms. The van der Waals surface area contributed by atoms with Crippen LogP contribution in [-0.4, -0.2) is 11.2 Å². The molecule has 0 amide bonds. The summed E-state index contributed by atoms with van der Waals surface area (Å²) in [6, 6.07) is 4.84. The zero-order chi connectivity index (χ0) is 13.1. The Morgan fingerprint density at radius 1 is 1.39 bits per heavy atom. The molecule has 1 aliphatic carbocycles. The first-order valence-electron chi connectivity index (χ1n) is 6.99. The number of benzene rings is 1. The highest BCUT2D eigenvalue weighted by atomic mass is 19.1. The van der Waals surface area contributed by atoms with Gasteiger partial charge in [0.2, 0.25) is 0 Å². The predicted octanol–water partition coefficient (Wildman–Crippen LogP) is 3.86. The van der Waals surface area contributed by atoms with Gasteiger partial charge in [-0.15, -0.1) is 0 Å². The largest absolute Gasteiger partial charge is 0.392 e. The molecule has 1 N–H and O–H groups in total.